The number of aliphatic hydroxyl groups excluding tert-OH is 5. The van der Waals surface area contributed by atoms with Crippen molar-refractivity contribution in [3.05, 3.63) is 33.8 Å². The van der Waals surface area contributed by atoms with E-state index in [9.17, 15) is 15.3 Å². The van der Waals surface area contributed by atoms with Gasteiger partial charge in [-0.25, -0.2) is 0 Å². The second-order valence-electron chi connectivity index (χ2n) is 5.78. The smallest absolute Gasteiger partial charge is 0.115 e. The van der Waals surface area contributed by atoms with Gasteiger partial charge in [0.25, 0.3) is 0 Å². The Kier molecular flexibility index (Phi) is 8.63. The highest BCUT2D eigenvalue weighted by atomic mass is 79.9. The molecule has 0 fully saturated rings. The molecule has 7 heteroatoms. The highest BCUT2D eigenvalue weighted by molar-refractivity contribution is 9.10. The van der Waals surface area contributed by atoms with Crippen molar-refractivity contribution < 1.29 is 30.3 Å². The van der Waals surface area contributed by atoms with Gasteiger partial charge in [0.05, 0.1) is 19.8 Å². The molecular weight excluding hydrogens is 368 g/mol. The molecule has 0 bridgehead atoms. The largest absolute Gasteiger partial charge is 0.394 e. The van der Waals surface area contributed by atoms with Crippen LogP contribution in [-0.4, -0.2) is 63.2 Å². The Balaban J connectivity index is 2.80. The molecule has 0 aliphatic rings. The van der Waals surface area contributed by atoms with Gasteiger partial charge in [0, 0.05) is 4.47 Å². The second-order valence-corrected chi connectivity index (χ2v) is 6.63. The normalized spacial score (nSPS) is 17.1. The van der Waals surface area contributed by atoms with E-state index in [1.54, 1.807) is 0 Å². The molecule has 5 N–H and O–H groups in total. The Morgan fingerprint density at radius 1 is 1.04 bits per heavy atom. The molecule has 0 saturated heterocycles. The van der Waals surface area contributed by atoms with Crippen molar-refractivity contribution in [2.45, 2.75) is 50.8 Å². The van der Waals surface area contributed by atoms with Crippen LogP contribution < -0.4 is 0 Å². The van der Waals surface area contributed by atoms with Crippen LogP contribution in [0.2, 0.25) is 0 Å². The number of rotatable bonds is 9. The minimum absolute atomic E-state index is 0.0773. The molecule has 4 atom stereocenters. The average Bonchev–Trinajstić information content (AvgIpc) is 2.53. The van der Waals surface area contributed by atoms with E-state index in [4.69, 9.17) is 14.9 Å². The summed E-state index contributed by atoms with van der Waals surface area (Å²) >= 11 is 3.49. The minimum Gasteiger partial charge on any atom is -0.394 e. The second kappa shape index (κ2) is 9.68. The molecule has 6 nitrogen and oxygen atoms in total. The molecule has 1 aromatic rings. The van der Waals surface area contributed by atoms with Gasteiger partial charge in [0.15, 0.2) is 0 Å². The van der Waals surface area contributed by atoms with Crippen molar-refractivity contribution in [3.63, 3.8) is 0 Å². The fourth-order valence-corrected chi connectivity index (χ4v) is 3.07. The molecule has 23 heavy (non-hydrogen) atoms. The van der Waals surface area contributed by atoms with Crippen LogP contribution in [0, 0.1) is 0 Å². The molecule has 0 saturated carbocycles. The molecule has 0 aliphatic heterocycles. The summed E-state index contributed by atoms with van der Waals surface area (Å²) in [5, 5.41) is 47.1. The van der Waals surface area contributed by atoms with E-state index in [2.05, 4.69) is 29.8 Å². The van der Waals surface area contributed by atoms with Crippen LogP contribution in [0.1, 0.15) is 30.9 Å². The zero-order valence-corrected chi connectivity index (χ0v) is 14.8. The Morgan fingerprint density at radius 2 is 1.65 bits per heavy atom. The number of benzene rings is 1. The first-order valence-electron chi connectivity index (χ1n) is 7.47. The highest BCUT2D eigenvalue weighted by Gasteiger charge is 2.32. The van der Waals surface area contributed by atoms with Crippen molar-refractivity contribution >= 4 is 15.9 Å². The van der Waals surface area contributed by atoms with Crippen LogP contribution in [0.25, 0.3) is 0 Å². The summed E-state index contributed by atoms with van der Waals surface area (Å²) < 4.78 is 6.40. The Hall–Kier alpha value is -0.540. The van der Waals surface area contributed by atoms with Gasteiger partial charge < -0.3 is 30.3 Å². The van der Waals surface area contributed by atoms with Gasteiger partial charge in [0.1, 0.15) is 24.4 Å². The van der Waals surface area contributed by atoms with Crippen molar-refractivity contribution in [3.8, 4) is 0 Å². The van der Waals surface area contributed by atoms with E-state index in [0.29, 0.717) is 5.92 Å². The summed E-state index contributed by atoms with van der Waals surface area (Å²) in [6.45, 7) is 2.94. The van der Waals surface area contributed by atoms with E-state index in [1.807, 2.05) is 18.2 Å². The van der Waals surface area contributed by atoms with Crippen LogP contribution in [0.3, 0.4) is 0 Å². The number of hydrogen-bond acceptors (Lipinski definition) is 6. The van der Waals surface area contributed by atoms with Crippen molar-refractivity contribution in [2.75, 3.05) is 13.2 Å². The molecule has 0 aliphatic carbocycles. The summed E-state index contributed by atoms with van der Waals surface area (Å²) in [5.74, 6) is 0.366. The first kappa shape index (κ1) is 20.5. The van der Waals surface area contributed by atoms with E-state index < -0.39 is 37.6 Å². The molecule has 0 radical (unpaired) electrons. The maximum Gasteiger partial charge on any atom is 0.115 e. The van der Waals surface area contributed by atoms with E-state index in [-0.39, 0.29) is 6.61 Å². The molecule has 0 aromatic heterocycles. The number of halogens is 1. The van der Waals surface area contributed by atoms with Gasteiger partial charge >= 0.3 is 0 Å². The van der Waals surface area contributed by atoms with Crippen molar-refractivity contribution in [2.24, 2.45) is 0 Å². The molecule has 0 heterocycles. The standard InChI is InChI=1S/C16H25BrO6/c1-9(2)11-4-3-10(5-12(11)17)8-23-16(14(21)7-19)15(22)13(20)6-18/h3-5,9,13-16,18-22H,6-8H2,1-2H3. The van der Waals surface area contributed by atoms with E-state index >= 15 is 0 Å². The first-order chi connectivity index (χ1) is 10.8. The Morgan fingerprint density at radius 3 is 2.13 bits per heavy atom. The maximum absolute atomic E-state index is 9.91. The summed E-state index contributed by atoms with van der Waals surface area (Å²) in [7, 11) is 0. The predicted octanol–water partition coefficient (Wildman–Crippen LogP) is 0.525. The first-order valence-corrected chi connectivity index (χ1v) is 8.26. The highest BCUT2D eigenvalue weighted by Crippen LogP contribution is 2.26. The van der Waals surface area contributed by atoms with E-state index in [1.165, 1.54) is 0 Å². The van der Waals surface area contributed by atoms with Gasteiger partial charge in [-0.1, -0.05) is 41.9 Å². The predicted molar refractivity (Wildman–Crippen MR) is 89.0 cm³/mol. The van der Waals surface area contributed by atoms with Crippen LogP contribution in [0.5, 0.6) is 0 Å². The third kappa shape index (κ3) is 5.79. The van der Waals surface area contributed by atoms with Gasteiger partial charge in [-0.2, -0.15) is 0 Å². The summed E-state index contributed by atoms with van der Waals surface area (Å²) in [5.41, 5.74) is 1.96. The van der Waals surface area contributed by atoms with Crippen LogP contribution >= 0.6 is 15.9 Å². The molecule has 132 valence electrons. The van der Waals surface area contributed by atoms with Gasteiger partial charge in [-0.05, 0) is 23.1 Å². The van der Waals surface area contributed by atoms with Crippen LogP contribution in [0.15, 0.2) is 22.7 Å². The SMILES string of the molecule is CC(C)c1ccc(COC(C(O)CO)C(O)C(O)CO)cc1Br. The molecular formula is C16H25BrO6. The summed E-state index contributed by atoms with van der Waals surface area (Å²) in [4.78, 5) is 0. The molecule has 1 rings (SSSR count). The fraction of sp³-hybridized carbons (Fsp3) is 0.625. The molecule has 0 spiro atoms. The lowest BCUT2D eigenvalue weighted by Crippen LogP contribution is -2.48. The zero-order valence-electron chi connectivity index (χ0n) is 13.3. The lowest BCUT2D eigenvalue weighted by Gasteiger charge is -2.29. The minimum atomic E-state index is -1.51. The van der Waals surface area contributed by atoms with Crippen LogP contribution in [-0.2, 0) is 11.3 Å². The number of aliphatic hydroxyl groups is 5. The topological polar surface area (TPSA) is 110 Å². The number of ether oxygens (including phenoxy) is 1. The van der Waals surface area contributed by atoms with Gasteiger partial charge in [-0.15, -0.1) is 0 Å². The average molecular weight is 393 g/mol. The third-order valence-corrected chi connectivity index (χ3v) is 4.30. The van der Waals surface area contributed by atoms with Gasteiger partial charge in [-0.3, -0.25) is 0 Å². The lowest BCUT2D eigenvalue weighted by atomic mass is 10.0. The molecule has 0 amide bonds. The monoisotopic (exact) mass is 392 g/mol. The quantitative estimate of drug-likeness (QED) is 0.419. The number of hydrogen-bond donors (Lipinski definition) is 5. The van der Waals surface area contributed by atoms with Crippen molar-refractivity contribution in [1.82, 2.24) is 0 Å². The Labute approximate surface area is 144 Å². The zero-order chi connectivity index (χ0) is 17.6. The van der Waals surface area contributed by atoms with E-state index in [0.717, 1.165) is 15.6 Å². The maximum atomic E-state index is 9.91. The third-order valence-electron chi connectivity index (χ3n) is 3.61. The summed E-state index contributed by atoms with van der Waals surface area (Å²) in [6, 6.07) is 5.72. The van der Waals surface area contributed by atoms with Crippen molar-refractivity contribution in [1.29, 1.82) is 0 Å². The van der Waals surface area contributed by atoms with Gasteiger partial charge in [0.2, 0.25) is 0 Å². The molecule has 1 aromatic carbocycles. The Bertz CT molecular complexity index is 482. The fourth-order valence-electron chi connectivity index (χ4n) is 2.19. The van der Waals surface area contributed by atoms with Crippen LogP contribution in [0.4, 0.5) is 0 Å². The summed E-state index contributed by atoms with van der Waals surface area (Å²) in [6.07, 6.45) is -5.56. The lowest BCUT2D eigenvalue weighted by molar-refractivity contribution is -0.153. The molecule has 4 unspecified atom stereocenters.